The van der Waals surface area contributed by atoms with Crippen LogP contribution < -0.4 is 0 Å². The predicted octanol–water partition coefficient (Wildman–Crippen LogP) is 6.08. The molecule has 0 bridgehead atoms. The second-order valence-corrected chi connectivity index (χ2v) is 13.6. The summed E-state index contributed by atoms with van der Waals surface area (Å²) in [5.74, 6) is 0. The van der Waals surface area contributed by atoms with Gasteiger partial charge in [-0.3, -0.25) is 4.58 Å². The van der Waals surface area contributed by atoms with Crippen molar-refractivity contribution in [3.05, 3.63) is 0 Å². The van der Waals surface area contributed by atoms with Crippen molar-refractivity contribution in [1.29, 1.82) is 0 Å². The topological polar surface area (TPSA) is 46.2 Å². The SMILES string of the molecule is CCCCCCCC(CCC(OCCOC)OO[Si](C)(C)C(C)(C)C)OC. The van der Waals surface area contributed by atoms with Crippen molar-refractivity contribution in [3.8, 4) is 0 Å². The lowest BCUT2D eigenvalue weighted by molar-refractivity contribution is -0.332. The van der Waals surface area contributed by atoms with Crippen molar-refractivity contribution in [1.82, 2.24) is 0 Å². The molecule has 0 aromatic rings. The molecule has 0 fully saturated rings. The maximum Gasteiger partial charge on any atom is 0.238 e. The molecule has 0 saturated carbocycles. The summed E-state index contributed by atoms with van der Waals surface area (Å²) in [4.78, 5) is 5.76. The molecule has 6 heteroatoms. The van der Waals surface area contributed by atoms with Gasteiger partial charge < -0.3 is 14.2 Å². The van der Waals surface area contributed by atoms with E-state index in [9.17, 15) is 0 Å². The summed E-state index contributed by atoms with van der Waals surface area (Å²) in [6, 6.07) is 0. The normalized spacial score (nSPS) is 15.1. The van der Waals surface area contributed by atoms with Crippen molar-refractivity contribution in [2.24, 2.45) is 0 Å². The van der Waals surface area contributed by atoms with Gasteiger partial charge in [0, 0.05) is 20.6 Å². The van der Waals surface area contributed by atoms with Gasteiger partial charge in [-0.05, 0) is 31.0 Å². The van der Waals surface area contributed by atoms with Gasteiger partial charge in [-0.25, -0.2) is 4.89 Å². The highest BCUT2D eigenvalue weighted by atomic mass is 28.4. The fraction of sp³-hybridized carbons (Fsp3) is 1.00. The van der Waals surface area contributed by atoms with E-state index in [-0.39, 0.29) is 17.4 Å². The standard InChI is InChI=1S/C21H46O5Si/c1-9-10-11-12-13-14-19(23-6)15-16-20(24-18-17-22-5)25-26-27(7,8)21(2,3)4/h19-20H,9-18H2,1-8H3. The van der Waals surface area contributed by atoms with E-state index in [0.717, 1.165) is 19.3 Å². The Morgan fingerprint density at radius 1 is 0.852 bits per heavy atom. The van der Waals surface area contributed by atoms with E-state index in [4.69, 9.17) is 23.7 Å². The highest BCUT2D eigenvalue weighted by Gasteiger charge is 2.39. The molecule has 5 nitrogen and oxygen atoms in total. The van der Waals surface area contributed by atoms with E-state index in [2.05, 4.69) is 40.8 Å². The van der Waals surface area contributed by atoms with E-state index in [1.165, 1.54) is 32.1 Å². The highest BCUT2D eigenvalue weighted by molar-refractivity contribution is 6.73. The van der Waals surface area contributed by atoms with Crippen LogP contribution in [0.2, 0.25) is 18.1 Å². The maximum absolute atomic E-state index is 5.91. The average Bonchev–Trinajstić information content (AvgIpc) is 2.60. The van der Waals surface area contributed by atoms with Crippen LogP contribution in [0.15, 0.2) is 0 Å². The van der Waals surface area contributed by atoms with Crippen molar-refractivity contribution in [2.75, 3.05) is 27.4 Å². The molecule has 27 heavy (non-hydrogen) atoms. The first-order valence-electron chi connectivity index (χ1n) is 10.7. The molecule has 0 aromatic carbocycles. The third kappa shape index (κ3) is 13.0. The second kappa shape index (κ2) is 14.9. The molecule has 164 valence electrons. The highest BCUT2D eigenvalue weighted by Crippen LogP contribution is 2.37. The maximum atomic E-state index is 5.91. The Bertz CT molecular complexity index is 344. The molecule has 0 aliphatic carbocycles. The molecule has 0 rings (SSSR count). The summed E-state index contributed by atoms with van der Waals surface area (Å²) in [5, 5.41) is 0.0949. The van der Waals surface area contributed by atoms with Crippen LogP contribution in [0.1, 0.15) is 79.1 Å². The van der Waals surface area contributed by atoms with Crippen LogP contribution in [0.5, 0.6) is 0 Å². The van der Waals surface area contributed by atoms with Gasteiger partial charge >= 0.3 is 0 Å². The summed E-state index contributed by atoms with van der Waals surface area (Å²) in [5.41, 5.74) is 0. The van der Waals surface area contributed by atoms with Crippen LogP contribution in [0.25, 0.3) is 0 Å². The van der Waals surface area contributed by atoms with E-state index in [1.807, 2.05) is 0 Å². The van der Waals surface area contributed by atoms with Crippen LogP contribution in [0.4, 0.5) is 0 Å². The Morgan fingerprint density at radius 3 is 2.07 bits per heavy atom. The fourth-order valence-corrected chi connectivity index (χ4v) is 3.00. The van der Waals surface area contributed by atoms with Crippen LogP contribution in [0, 0.1) is 0 Å². The monoisotopic (exact) mass is 406 g/mol. The van der Waals surface area contributed by atoms with Crippen molar-refractivity contribution in [3.63, 3.8) is 0 Å². The quantitative estimate of drug-likeness (QED) is 0.0962. The molecular weight excluding hydrogens is 360 g/mol. The Hall–Kier alpha value is 0.0169. The molecule has 0 heterocycles. The number of unbranched alkanes of at least 4 members (excludes halogenated alkanes) is 4. The van der Waals surface area contributed by atoms with Gasteiger partial charge in [0.1, 0.15) is 0 Å². The fourth-order valence-electron chi connectivity index (χ4n) is 2.40. The molecule has 0 aromatic heterocycles. The van der Waals surface area contributed by atoms with Gasteiger partial charge in [0.25, 0.3) is 0 Å². The van der Waals surface area contributed by atoms with E-state index in [0.29, 0.717) is 13.2 Å². The summed E-state index contributed by atoms with van der Waals surface area (Å²) >= 11 is 0. The molecule has 0 spiro atoms. The molecule has 2 unspecified atom stereocenters. The van der Waals surface area contributed by atoms with Crippen LogP contribution in [0.3, 0.4) is 0 Å². The minimum atomic E-state index is -1.98. The lowest BCUT2D eigenvalue weighted by atomic mass is 10.0. The van der Waals surface area contributed by atoms with Gasteiger partial charge in [0.15, 0.2) is 6.29 Å². The molecule has 0 amide bonds. The molecule has 0 aliphatic heterocycles. The summed E-state index contributed by atoms with van der Waals surface area (Å²) in [6.45, 7) is 14.2. The van der Waals surface area contributed by atoms with E-state index in [1.54, 1.807) is 14.2 Å². The van der Waals surface area contributed by atoms with Crippen molar-refractivity contribution in [2.45, 2.75) is 110 Å². The van der Waals surface area contributed by atoms with Crippen LogP contribution >= 0.6 is 0 Å². The third-order valence-electron chi connectivity index (χ3n) is 5.45. The first-order valence-corrected chi connectivity index (χ1v) is 13.6. The Balaban J connectivity index is 4.44. The number of ether oxygens (including phenoxy) is 3. The number of hydrogen-bond donors (Lipinski definition) is 0. The molecular formula is C21H46O5Si. The number of methoxy groups -OCH3 is 2. The number of rotatable bonds is 17. The molecule has 0 saturated heterocycles. The van der Waals surface area contributed by atoms with E-state index < -0.39 is 8.32 Å². The third-order valence-corrected chi connectivity index (χ3v) is 9.57. The Morgan fingerprint density at radius 2 is 1.52 bits per heavy atom. The summed E-state index contributed by atoms with van der Waals surface area (Å²) < 4.78 is 22.5. The zero-order valence-electron chi connectivity index (χ0n) is 19.3. The Labute approximate surface area is 169 Å². The van der Waals surface area contributed by atoms with Crippen molar-refractivity contribution < 1.29 is 23.7 Å². The van der Waals surface area contributed by atoms with Gasteiger partial charge in [0.05, 0.1) is 19.3 Å². The first kappa shape index (κ1) is 27.0. The molecule has 0 radical (unpaired) electrons. The predicted molar refractivity (Wildman–Crippen MR) is 114 cm³/mol. The zero-order chi connectivity index (χ0) is 20.8. The van der Waals surface area contributed by atoms with Gasteiger partial charge in [-0.2, -0.15) is 0 Å². The van der Waals surface area contributed by atoms with Crippen LogP contribution in [-0.4, -0.2) is 48.1 Å². The van der Waals surface area contributed by atoms with Crippen LogP contribution in [-0.2, 0) is 23.7 Å². The largest absolute Gasteiger partial charge is 0.382 e. The lowest BCUT2D eigenvalue weighted by Gasteiger charge is -2.35. The lowest BCUT2D eigenvalue weighted by Crippen LogP contribution is -2.42. The minimum absolute atomic E-state index is 0.0949. The number of hydrogen-bond acceptors (Lipinski definition) is 5. The van der Waals surface area contributed by atoms with E-state index >= 15 is 0 Å². The van der Waals surface area contributed by atoms with Gasteiger partial charge in [-0.1, -0.05) is 59.8 Å². The molecule has 0 N–H and O–H groups in total. The van der Waals surface area contributed by atoms with Gasteiger partial charge in [-0.15, -0.1) is 0 Å². The average molecular weight is 407 g/mol. The molecule has 0 aliphatic rings. The minimum Gasteiger partial charge on any atom is -0.382 e. The first-order chi connectivity index (χ1) is 12.7. The zero-order valence-corrected chi connectivity index (χ0v) is 20.3. The second-order valence-electron chi connectivity index (χ2n) is 8.87. The Kier molecular flexibility index (Phi) is 14.9. The van der Waals surface area contributed by atoms with Crippen molar-refractivity contribution >= 4 is 8.32 Å². The smallest absolute Gasteiger partial charge is 0.238 e. The molecule has 2 atom stereocenters. The summed E-state index contributed by atoms with van der Waals surface area (Å²) in [6.07, 6.45) is 9.04. The van der Waals surface area contributed by atoms with Gasteiger partial charge in [0.2, 0.25) is 8.32 Å². The summed E-state index contributed by atoms with van der Waals surface area (Å²) in [7, 11) is 1.49.